The Kier molecular flexibility index (Phi) is 8.21. The van der Waals surface area contributed by atoms with Crippen LogP contribution in [0, 0.1) is 0 Å². The van der Waals surface area contributed by atoms with Crippen molar-refractivity contribution in [3.05, 3.63) is 35.4 Å². The third-order valence-corrected chi connectivity index (χ3v) is 4.30. The first kappa shape index (κ1) is 20.0. The summed E-state index contributed by atoms with van der Waals surface area (Å²) >= 11 is 0. The smallest absolute Gasteiger partial charge is 0.409 e. The summed E-state index contributed by atoms with van der Waals surface area (Å²) in [5, 5.41) is 3.25. The van der Waals surface area contributed by atoms with Gasteiger partial charge >= 0.3 is 6.09 Å². The number of amides is 1. The lowest BCUT2D eigenvalue weighted by atomic mass is 10.1. The minimum Gasteiger partial charge on any atom is -0.450 e. The maximum absolute atomic E-state index is 11.7. The van der Waals surface area contributed by atoms with Crippen molar-refractivity contribution in [2.45, 2.75) is 45.9 Å². The second-order valence-electron chi connectivity index (χ2n) is 6.26. The number of piperidine rings is 1. The van der Waals surface area contributed by atoms with Crippen LogP contribution in [0.4, 0.5) is 4.79 Å². The van der Waals surface area contributed by atoms with Gasteiger partial charge in [0.1, 0.15) is 0 Å². The lowest BCUT2D eigenvalue weighted by Gasteiger charge is -2.31. The standard InChI is InChI=1S/C19H30N4O3/c1-3-25-14-16-7-5-15(6-8-16)13-21-18(20)22-17-9-11-23(12-10-17)19(24)26-4-2/h5-8,17H,3-4,9-14H2,1-2H3,(H3,20,21,22). The van der Waals surface area contributed by atoms with E-state index in [9.17, 15) is 4.79 Å². The first-order valence-electron chi connectivity index (χ1n) is 9.26. The number of likely N-dealkylation sites (tertiary alicyclic amines) is 1. The molecule has 0 aromatic heterocycles. The van der Waals surface area contributed by atoms with Crippen LogP contribution in [0.1, 0.15) is 37.8 Å². The zero-order chi connectivity index (χ0) is 18.8. The van der Waals surface area contributed by atoms with Crippen molar-refractivity contribution in [2.24, 2.45) is 10.7 Å². The molecular formula is C19H30N4O3. The Morgan fingerprint density at radius 3 is 2.46 bits per heavy atom. The summed E-state index contributed by atoms with van der Waals surface area (Å²) in [7, 11) is 0. The van der Waals surface area contributed by atoms with Gasteiger partial charge in [0.15, 0.2) is 5.96 Å². The lowest BCUT2D eigenvalue weighted by Crippen LogP contribution is -2.48. The average molecular weight is 362 g/mol. The summed E-state index contributed by atoms with van der Waals surface area (Å²) < 4.78 is 10.4. The molecular weight excluding hydrogens is 332 g/mol. The number of hydrogen-bond acceptors (Lipinski definition) is 4. The van der Waals surface area contributed by atoms with Crippen molar-refractivity contribution in [3.8, 4) is 0 Å². The number of benzene rings is 1. The first-order chi connectivity index (χ1) is 12.6. The van der Waals surface area contributed by atoms with Crippen LogP contribution in [-0.4, -0.2) is 49.3 Å². The number of aliphatic imine (C=N–C) groups is 1. The van der Waals surface area contributed by atoms with E-state index in [1.807, 2.05) is 26.0 Å². The predicted molar refractivity (Wildman–Crippen MR) is 102 cm³/mol. The van der Waals surface area contributed by atoms with E-state index < -0.39 is 0 Å². The highest BCUT2D eigenvalue weighted by molar-refractivity contribution is 5.78. The summed E-state index contributed by atoms with van der Waals surface area (Å²) in [5.74, 6) is 0.443. The Bertz CT molecular complexity index is 581. The first-order valence-corrected chi connectivity index (χ1v) is 9.26. The van der Waals surface area contributed by atoms with Crippen molar-refractivity contribution >= 4 is 12.1 Å². The highest BCUT2D eigenvalue weighted by Crippen LogP contribution is 2.11. The van der Waals surface area contributed by atoms with Gasteiger partial charge in [0.05, 0.1) is 19.8 Å². The van der Waals surface area contributed by atoms with Gasteiger partial charge in [-0.15, -0.1) is 0 Å². The molecule has 2 rings (SSSR count). The van der Waals surface area contributed by atoms with E-state index in [2.05, 4.69) is 22.4 Å². The molecule has 0 saturated carbocycles. The second-order valence-corrected chi connectivity index (χ2v) is 6.26. The number of carbonyl (C=O) groups excluding carboxylic acids is 1. The van der Waals surface area contributed by atoms with Crippen LogP contribution in [0.25, 0.3) is 0 Å². The average Bonchev–Trinajstić information content (AvgIpc) is 2.66. The van der Waals surface area contributed by atoms with Crippen molar-refractivity contribution < 1.29 is 14.3 Å². The fraction of sp³-hybridized carbons (Fsp3) is 0.579. The van der Waals surface area contributed by atoms with Crippen LogP contribution < -0.4 is 11.1 Å². The van der Waals surface area contributed by atoms with Crippen LogP contribution in [-0.2, 0) is 22.6 Å². The Hall–Kier alpha value is -2.28. The van der Waals surface area contributed by atoms with Crippen molar-refractivity contribution in [2.75, 3.05) is 26.3 Å². The van der Waals surface area contributed by atoms with Crippen LogP contribution in [0.3, 0.4) is 0 Å². The fourth-order valence-corrected chi connectivity index (χ4v) is 2.81. The van der Waals surface area contributed by atoms with Gasteiger partial charge in [0, 0.05) is 25.7 Å². The Balaban J connectivity index is 1.74. The zero-order valence-corrected chi connectivity index (χ0v) is 15.7. The van der Waals surface area contributed by atoms with Crippen molar-refractivity contribution in [1.82, 2.24) is 10.2 Å². The predicted octanol–water partition coefficient (Wildman–Crippen LogP) is 2.25. The number of carbonyl (C=O) groups is 1. The molecule has 144 valence electrons. The summed E-state index contributed by atoms with van der Waals surface area (Å²) in [5.41, 5.74) is 8.26. The van der Waals surface area contributed by atoms with E-state index in [0.717, 1.165) is 24.0 Å². The fourth-order valence-electron chi connectivity index (χ4n) is 2.81. The molecule has 7 heteroatoms. The monoisotopic (exact) mass is 362 g/mol. The largest absolute Gasteiger partial charge is 0.450 e. The molecule has 1 fully saturated rings. The van der Waals surface area contributed by atoms with E-state index in [-0.39, 0.29) is 12.1 Å². The molecule has 3 N–H and O–H groups in total. The van der Waals surface area contributed by atoms with Gasteiger partial charge in [0.2, 0.25) is 0 Å². The van der Waals surface area contributed by atoms with E-state index in [1.165, 1.54) is 0 Å². The van der Waals surface area contributed by atoms with E-state index in [0.29, 0.717) is 45.4 Å². The van der Waals surface area contributed by atoms with Gasteiger partial charge < -0.3 is 25.4 Å². The summed E-state index contributed by atoms with van der Waals surface area (Å²) in [6.07, 6.45) is 1.43. The SMILES string of the molecule is CCOCc1ccc(CN=C(N)NC2CCN(C(=O)OCC)CC2)cc1. The van der Waals surface area contributed by atoms with Gasteiger partial charge in [-0.3, -0.25) is 0 Å². The third kappa shape index (κ3) is 6.55. The summed E-state index contributed by atoms with van der Waals surface area (Å²) in [6, 6.07) is 8.43. The van der Waals surface area contributed by atoms with Gasteiger partial charge in [-0.1, -0.05) is 24.3 Å². The molecule has 0 spiro atoms. The summed E-state index contributed by atoms with van der Waals surface area (Å²) in [6.45, 7) is 7.44. The minimum absolute atomic E-state index is 0.234. The molecule has 26 heavy (non-hydrogen) atoms. The molecule has 0 atom stereocenters. The van der Waals surface area contributed by atoms with Crippen LogP contribution in [0.2, 0.25) is 0 Å². The molecule has 1 amide bonds. The number of ether oxygens (including phenoxy) is 2. The number of rotatable bonds is 7. The maximum Gasteiger partial charge on any atom is 0.409 e. The molecule has 1 aliphatic heterocycles. The molecule has 1 aromatic rings. The molecule has 0 unspecified atom stereocenters. The number of hydrogen-bond donors (Lipinski definition) is 2. The number of nitrogens with one attached hydrogen (secondary N) is 1. The van der Waals surface area contributed by atoms with Crippen LogP contribution in [0.5, 0.6) is 0 Å². The summed E-state index contributed by atoms with van der Waals surface area (Å²) in [4.78, 5) is 17.8. The van der Waals surface area contributed by atoms with Crippen LogP contribution in [0.15, 0.2) is 29.3 Å². The van der Waals surface area contributed by atoms with Crippen molar-refractivity contribution in [1.29, 1.82) is 0 Å². The Morgan fingerprint density at radius 2 is 1.85 bits per heavy atom. The van der Waals surface area contributed by atoms with Gasteiger partial charge in [-0.25, -0.2) is 9.79 Å². The van der Waals surface area contributed by atoms with Crippen LogP contribution >= 0.6 is 0 Å². The molecule has 1 aromatic carbocycles. The Morgan fingerprint density at radius 1 is 1.19 bits per heavy atom. The van der Waals surface area contributed by atoms with E-state index >= 15 is 0 Å². The molecule has 0 bridgehead atoms. The third-order valence-electron chi connectivity index (χ3n) is 4.30. The molecule has 0 aliphatic carbocycles. The maximum atomic E-state index is 11.7. The highest BCUT2D eigenvalue weighted by atomic mass is 16.6. The van der Waals surface area contributed by atoms with Gasteiger partial charge in [0.25, 0.3) is 0 Å². The van der Waals surface area contributed by atoms with E-state index in [4.69, 9.17) is 15.2 Å². The molecule has 7 nitrogen and oxygen atoms in total. The molecule has 1 aliphatic rings. The second kappa shape index (κ2) is 10.7. The normalized spacial score (nSPS) is 15.8. The number of nitrogens with two attached hydrogens (primary N) is 1. The highest BCUT2D eigenvalue weighted by Gasteiger charge is 2.23. The molecule has 1 saturated heterocycles. The zero-order valence-electron chi connectivity index (χ0n) is 15.7. The van der Waals surface area contributed by atoms with E-state index in [1.54, 1.807) is 4.90 Å². The quantitative estimate of drug-likeness (QED) is 0.574. The van der Waals surface area contributed by atoms with Gasteiger partial charge in [-0.05, 0) is 37.8 Å². The number of guanidine groups is 1. The topological polar surface area (TPSA) is 89.2 Å². The number of nitrogens with zero attached hydrogens (tertiary/aromatic N) is 2. The Labute approximate surface area is 155 Å². The van der Waals surface area contributed by atoms with Crippen molar-refractivity contribution in [3.63, 3.8) is 0 Å². The molecule has 0 radical (unpaired) electrons. The van der Waals surface area contributed by atoms with Gasteiger partial charge in [-0.2, -0.15) is 0 Å². The minimum atomic E-state index is -0.236. The lowest BCUT2D eigenvalue weighted by molar-refractivity contribution is 0.0963. The molecule has 1 heterocycles.